The first-order valence-corrected chi connectivity index (χ1v) is 8.87. The first-order valence-electron chi connectivity index (χ1n) is 8.87. The molecule has 3 aromatic rings. The fourth-order valence-corrected chi connectivity index (χ4v) is 3.43. The molecule has 0 atom stereocenters. The van der Waals surface area contributed by atoms with Crippen LogP contribution in [-0.4, -0.2) is 46.2 Å². The summed E-state index contributed by atoms with van der Waals surface area (Å²) in [5.41, 5.74) is 3.60. The van der Waals surface area contributed by atoms with Crippen molar-refractivity contribution in [2.45, 2.75) is 26.8 Å². The van der Waals surface area contributed by atoms with Gasteiger partial charge in [-0.15, -0.1) is 0 Å². The largest absolute Gasteiger partial charge is 0.368 e. The molecule has 1 aliphatic rings. The molecule has 25 heavy (non-hydrogen) atoms. The highest BCUT2D eigenvalue weighted by Crippen LogP contribution is 2.28. The zero-order valence-electron chi connectivity index (χ0n) is 14.8. The Morgan fingerprint density at radius 2 is 1.96 bits per heavy atom. The number of rotatable bonds is 4. The summed E-state index contributed by atoms with van der Waals surface area (Å²) >= 11 is 0. The second-order valence-corrected chi connectivity index (χ2v) is 6.52. The molecule has 1 fully saturated rings. The minimum Gasteiger partial charge on any atom is -0.368 e. The van der Waals surface area contributed by atoms with Crippen LogP contribution in [0, 0.1) is 6.92 Å². The molecule has 0 aliphatic carbocycles. The standard InChI is InChI=1S/C19H23N5O/c1-3-18-21-17(22-25-18)13-23-9-11-24(12-10-23)16-7-8-20-19-14(2)5-4-6-15(16)19/h4-8H,3,9-13H2,1-2H3. The molecule has 6 heteroatoms. The van der Waals surface area contributed by atoms with Crippen molar-refractivity contribution in [3.05, 3.63) is 47.7 Å². The minimum absolute atomic E-state index is 0.715. The molecule has 2 aromatic heterocycles. The monoisotopic (exact) mass is 337 g/mol. The van der Waals surface area contributed by atoms with E-state index in [0.29, 0.717) is 5.89 Å². The number of nitrogens with zero attached hydrogens (tertiary/aromatic N) is 5. The van der Waals surface area contributed by atoms with Crippen molar-refractivity contribution in [1.29, 1.82) is 0 Å². The first kappa shape index (κ1) is 16.0. The van der Waals surface area contributed by atoms with E-state index < -0.39 is 0 Å². The van der Waals surface area contributed by atoms with E-state index in [4.69, 9.17) is 4.52 Å². The van der Waals surface area contributed by atoms with Gasteiger partial charge in [-0.2, -0.15) is 4.98 Å². The van der Waals surface area contributed by atoms with E-state index in [1.165, 1.54) is 16.6 Å². The van der Waals surface area contributed by atoms with Crippen LogP contribution in [0.2, 0.25) is 0 Å². The number of fused-ring (bicyclic) bond motifs is 1. The Morgan fingerprint density at radius 1 is 1.12 bits per heavy atom. The lowest BCUT2D eigenvalue weighted by Crippen LogP contribution is -2.46. The second-order valence-electron chi connectivity index (χ2n) is 6.52. The number of hydrogen-bond donors (Lipinski definition) is 0. The van der Waals surface area contributed by atoms with Crippen LogP contribution in [0.4, 0.5) is 5.69 Å². The van der Waals surface area contributed by atoms with E-state index in [1.807, 2.05) is 13.1 Å². The van der Waals surface area contributed by atoms with Crippen LogP contribution in [0.15, 0.2) is 35.0 Å². The molecule has 4 rings (SSSR count). The van der Waals surface area contributed by atoms with Crippen LogP contribution in [0.3, 0.4) is 0 Å². The first-order chi connectivity index (χ1) is 12.2. The molecule has 0 unspecified atom stereocenters. The Balaban J connectivity index is 1.46. The maximum atomic E-state index is 5.20. The fraction of sp³-hybridized carbons (Fsp3) is 0.421. The molecule has 1 aliphatic heterocycles. The van der Waals surface area contributed by atoms with Gasteiger partial charge >= 0.3 is 0 Å². The number of piperazine rings is 1. The highest BCUT2D eigenvalue weighted by molar-refractivity contribution is 5.93. The highest BCUT2D eigenvalue weighted by atomic mass is 16.5. The van der Waals surface area contributed by atoms with E-state index in [-0.39, 0.29) is 0 Å². The lowest BCUT2D eigenvalue weighted by atomic mass is 10.1. The third-order valence-corrected chi connectivity index (χ3v) is 4.84. The van der Waals surface area contributed by atoms with Crippen LogP contribution in [0.5, 0.6) is 0 Å². The van der Waals surface area contributed by atoms with Crippen LogP contribution < -0.4 is 4.90 Å². The zero-order chi connectivity index (χ0) is 17.2. The zero-order valence-corrected chi connectivity index (χ0v) is 14.8. The molecule has 6 nitrogen and oxygen atoms in total. The van der Waals surface area contributed by atoms with Gasteiger partial charge in [0.15, 0.2) is 5.82 Å². The number of aromatic nitrogens is 3. The van der Waals surface area contributed by atoms with Gasteiger partial charge in [-0.05, 0) is 18.6 Å². The molecule has 1 saturated heterocycles. The lowest BCUT2D eigenvalue weighted by molar-refractivity contribution is 0.240. The predicted octanol–water partition coefficient (Wildman–Crippen LogP) is 2.81. The van der Waals surface area contributed by atoms with E-state index in [1.54, 1.807) is 0 Å². The summed E-state index contributed by atoms with van der Waals surface area (Å²) in [5, 5.41) is 5.30. The molecular weight excluding hydrogens is 314 g/mol. The summed E-state index contributed by atoms with van der Waals surface area (Å²) in [7, 11) is 0. The molecule has 130 valence electrons. The summed E-state index contributed by atoms with van der Waals surface area (Å²) in [6.07, 6.45) is 2.71. The Morgan fingerprint density at radius 3 is 2.72 bits per heavy atom. The Labute approximate surface area is 147 Å². The highest BCUT2D eigenvalue weighted by Gasteiger charge is 2.20. The van der Waals surface area contributed by atoms with Gasteiger partial charge in [0.25, 0.3) is 0 Å². The van der Waals surface area contributed by atoms with Crippen molar-refractivity contribution in [2.24, 2.45) is 0 Å². The second kappa shape index (κ2) is 6.80. The number of pyridine rings is 1. The number of para-hydroxylation sites is 1. The summed E-state index contributed by atoms with van der Waals surface area (Å²) in [5.74, 6) is 1.50. The van der Waals surface area contributed by atoms with E-state index in [9.17, 15) is 0 Å². The number of benzene rings is 1. The minimum atomic E-state index is 0.715. The van der Waals surface area contributed by atoms with E-state index in [2.05, 4.69) is 56.1 Å². The van der Waals surface area contributed by atoms with Crippen molar-refractivity contribution in [3.8, 4) is 0 Å². The van der Waals surface area contributed by atoms with Crippen molar-refractivity contribution in [3.63, 3.8) is 0 Å². The number of aryl methyl sites for hydroxylation is 2. The van der Waals surface area contributed by atoms with Crippen molar-refractivity contribution in [1.82, 2.24) is 20.0 Å². The average Bonchev–Trinajstić information content (AvgIpc) is 3.10. The van der Waals surface area contributed by atoms with E-state index >= 15 is 0 Å². The van der Waals surface area contributed by atoms with Gasteiger partial charge < -0.3 is 9.42 Å². The van der Waals surface area contributed by atoms with Crippen molar-refractivity contribution >= 4 is 16.6 Å². The molecule has 0 radical (unpaired) electrons. The molecule has 0 saturated carbocycles. The molecule has 0 N–H and O–H groups in total. The van der Waals surface area contributed by atoms with E-state index in [0.717, 1.165) is 50.5 Å². The Kier molecular flexibility index (Phi) is 4.36. The van der Waals surface area contributed by atoms with Crippen molar-refractivity contribution < 1.29 is 4.52 Å². The quantitative estimate of drug-likeness (QED) is 0.730. The summed E-state index contributed by atoms with van der Waals surface area (Å²) in [6, 6.07) is 8.53. The lowest BCUT2D eigenvalue weighted by Gasteiger charge is -2.36. The van der Waals surface area contributed by atoms with Gasteiger partial charge in [0.2, 0.25) is 5.89 Å². The molecule has 3 heterocycles. The van der Waals surface area contributed by atoms with Crippen LogP contribution >= 0.6 is 0 Å². The van der Waals surface area contributed by atoms with Crippen LogP contribution in [-0.2, 0) is 13.0 Å². The molecule has 0 spiro atoms. The summed E-state index contributed by atoms with van der Waals surface area (Å²) < 4.78 is 5.20. The van der Waals surface area contributed by atoms with Gasteiger partial charge in [-0.25, -0.2) is 0 Å². The molecule has 0 amide bonds. The number of anilines is 1. The van der Waals surface area contributed by atoms with Gasteiger partial charge in [0, 0.05) is 49.9 Å². The van der Waals surface area contributed by atoms with Gasteiger partial charge in [0.1, 0.15) is 0 Å². The average molecular weight is 337 g/mol. The van der Waals surface area contributed by atoms with Crippen LogP contribution in [0.1, 0.15) is 24.2 Å². The van der Waals surface area contributed by atoms with Gasteiger partial charge in [0.05, 0.1) is 12.1 Å². The number of hydrogen-bond acceptors (Lipinski definition) is 6. The molecule has 0 bridgehead atoms. The Hall–Kier alpha value is -2.47. The van der Waals surface area contributed by atoms with Crippen LogP contribution in [0.25, 0.3) is 10.9 Å². The maximum Gasteiger partial charge on any atom is 0.226 e. The predicted molar refractivity (Wildman–Crippen MR) is 97.6 cm³/mol. The van der Waals surface area contributed by atoms with Gasteiger partial charge in [-0.1, -0.05) is 30.3 Å². The van der Waals surface area contributed by atoms with Crippen molar-refractivity contribution in [2.75, 3.05) is 31.1 Å². The normalized spacial score (nSPS) is 15.8. The summed E-state index contributed by atoms with van der Waals surface area (Å²) in [4.78, 5) is 13.8. The van der Waals surface area contributed by atoms with Gasteiger partial charge in [-0.3, -0.25) is 9.88 Å². The third kappa shape index (κ3) is 3.22. The molecule has 1 aromatic carbocycles. The fourth-order valence-electron chi connectivity index (χ4n) is 3.43. The SMILES string of the molecule is CCc1nc(CN2CCN(c3ccnc4c(C)cccc34)CC2)no1. The maximum absolute atomic E-state index is 5.20. The third-order valence-electron chi connectivity index (χ3n) is 4.84. The summed E-state index contributed by atoms with van der Waals surface area (Å²) in [6.45, 7) is 8.87. The topological polar surface area (TPSA) is 58.3 Å². The molecular formula is C19H23N5O. The smallest absolute Gasteiger partial charge is 0.226 e. The Bertz CT molecular complexity index is 867.